The number of ether oxygens (including phenoxy) is 1. The van der Waals surface area contributed by atoms with Crippen molar-refractivity contribution in [2.45, 2.75) is 32.4 Å². The van der Waals surface area contributed by atoms with Gasteiger partial charge in [-0.15, -0.1) is 0 Å². The highest BCUT2D eigenvalue weighted by molar-refractivity contribution is 6.30. The monoisotopic (exact) mass is 399 g/mol. The first kappa shape index (κ1) is 20.4. The van der Waals surface area contributed by atoms with Gasteiger partial charge >= 0.3 is 0 Å². The third-order valence-electron chi connectivity index (χ3n) is 5.21. The summed E-state index contributed by atoms with van der Waals surface area (Å²) in [5.74, 6) is 0.725. The molecule has 148 valence electrons. The molecule has 0 aromatic heterocycles. The second kappa shape index (κ2) is 9.76. The Kier molecular flexibility index (Phi) is 7.12. The minimum atomic E-state index is -0.0466. The Morgan fingerprint density at radius 1 is 1.21 bits per heavy atom. The molecule has 1 aliphatic heterocycles. The molecule has 0 unspecified atom stereocenters. The molecule has 5 heteroatoms. The first-order chi connectivity index (χ1) is 13.5. The van der Waals surface area contributed by atoms with E-state index in [9.17, 15) is 4.79 Å². The molecule has 28 heavy (non-hydrogen) atoms. The maximum Gasteiger partial charge on any atom is 0.244 e. The third-order valence-corrected chi connectivity index (χ3v) is 5.46. The van der Waals surface area contributed by atoms with Crippen LogP contribution in [0.25, 0.3) is 6.08 Å². The average molecular weight is 400 g/mol. The lowest BCUT2D eigenvalue weighted by Crippen LogP contribution is -3.12. The molecule has 0 bridgehead atoms. The number of carbonyl (C=O) groups is 1. The lowest BCUT2D eigenvalue weighted by Gasteiger charge is -2.29. The van der Waals surface area contributed by atoms with E-state index >= 15 is 0 Å². The first-order valence-corrected chi connectivity index (χ1v) is 10.1. The topological polar surface area (TPSA) is 42.8 Å². The number of nitrogens with one attached hydrogen (secondary N) is 2. The van der Waals surface area contributed by atoms with Gasteiger partial charge < -0.3 is 15.0 Å². The van der Waals surface area contributed by atoms with Gasteiger partial charge in [-0.05, 0) is 37.3 Å². The van der Waals surface area contributed by atoms with Crippen LogP contribution in [0.2, 0.25) is 5.02 Å². The van der Waals surface area contributed by atoms with E-state index in [0.29, 0.717) is 0 Å². The molecule has 3 rings (SSSR count). The van der Waals surface area contributed by atoms with Crippen molar-refractivity contribution >= 4 is 23.6 Å². The second-order valence-corrected chi connectivity index (χ2v) is 7.85. The summed E-state index contributed by atoms with van der Waals surface area (Å²) in [6.07, 6.45) is 5.42. The van der Waals surface area contributed by atoms with Crippen LogP contribution in [-0.2, 0) is 11.3 Å². The van der Waals surface area contributed by atoms with Crippen molar-refractivity contribution in [3.05, 3.63) is 70.3 Å². The van der Waals surface area contributed by atoms with Crippen molar-refractivity contribution in [1.82, 2.24) is 5.32 Å². The Balaban J connectivity index is 1.47. The van der Waals surface area contributed by atoms with Gasteiger partial charge in [-0.3, -0.25) is 4.79 Å². The van der Waals surface area contributed by atoms with E-state index < -0.39 is 0 Å². The second-order valence-electron chi connectivity index (χ2n) is 7.41. The van der Waals surface area contributed by atoms with E-state index in [1.54, 1.807) is 18.1 Å². The fourth-order valence-electron chi connectivity index (χ4n) is 3.64. The van der Waals surface area contributed by atoms with Crippen LogP contribution >= 0.6 is 11.6 Å². The lowest BCUT2D eigenvalue weighted by molar-refractivity contribution is -0.918. The fourth-order valence-corrected chi connectivity index (χ4v) is 3.76. The number of halogens is 1. The molecular weight excluding hydrogens is 372 g/mol. The van der Waals surface area contributed by atoms with E-state index in [-0.39, 0.29) is 11.9 Å². The number of hydrogen-bond acceptors (Lipinski definition) is 2. The summed E-state index contributed by atoms with van der Waals surface area (Å²) in [5, 5.41) is 3.91. The number of aryl methyl sites for hydroxylation is 1. The highest BCUT2D eigenvalue weighted by Gasteiger charge is 2.22. The van der Waals surface area contributed by atoms with Crippen LogP contribution in [0.1, 0.15) is 29.5 Å². The van der Waals surface area contributed by atoms with Gasteiger partial charge in [0.2, 0.25) is 5.91 Å². The molecule has 0 atom stereocenters. The van der Waals surface area contributed by atoms with Crippen molar-refractivity contribution in [3.8, 4) is 5.75 Å². The van der Waals surface area contributed by atoms with Crippen LogP contribution in [0.3, 0.4) is 0 Å². The third kappa shape index (κ3) is 5.85. The van der Waals surface area contributed by atoms with Gasteiger partial charge in [0.25, 0.3) is 0 Å². The SMILES string of the molecule is COc1ccc(C)cc1/C=C/C(=O)NC1CC[NH+](Cc2ccc(Cl)cc2)CC1. The minimum absolute atomic E-state index is 0.0466. The molecule has 1 amide bonds. The largest absolute Gasteiger partial charge is 0.496 e. The van der Waals surface area contributed by atoms with Gasteiger partial charge in [-0.1, -0.05) is 35.4 Å². The molecule has 4 nitrogen and oxygen atoms in total. The zero-order chi connectivity index (χ0) is 19.9. The van der Waals surface area contributed by atoms with Gasteiger partial charge in [0.15, 0.2) is 0 Å². The van der Waals surface area contributed by atoms with Gasteiger partial charge in [-0.2, -0.15) is 0 Å². The molecule has 0 spiro atoms. The van der Waals surface area contributed by atoms with Crippen molar-refractivity contribution in [2.24, 2.45) is 0 Å². The van der Waals surface area contributed by atoms with Crippen LogP contribution in [0.5, 0.6) is 5.75 Å². The van der Waals surface area contributed by atoms with Gasteiger partial charge in [-0.25, -0.2) is 0 Å². The van der Waals surface area contributed by atoms with Crippen LogP contribution in [0, 0.1) is 6.92 Å². The van der Waals surface area contributed by atoms with Crippen molar-refractivity contribution < 1.29 is 14.4 Å². The zero-order valence-corrected chi connectivity index (χ0v) is 17.3. The van der Waals surface area contributed by atoms with E-state index in [1.165, 1.54) is 5.56 Å². The Bertz CT molecular complexity index is 825. The van der Waals surface area contributed by atoms with E-state index in [0.717, 1.165) is 54.4 Å². The summed E-state index contributed by atoms with van der Waals surface area (Å²) in [6.45, 7) is 5.15. The zero-order valence-electron chi connectivity index (χ0n) is 16.5. The number of hydrogen-bond donors (Lipinski definition) is 2. The highest BCUT2D eigenvalue weighted by Crippen LogP contribution is 2.20. The fraction of sp³-hybridized carbons (Fsp3) is 0.348. The molecular formula is C23H28ClN2O2+. The van der Waals surface area contributed by atoms with Gasteiger partial charge in [0.1, 0.15) is 12.3 Å². The van der Waals surface area contributed by atoms with E-state index in [1.807, 2.05) is 43.3 Å². The van der Waals surface area contributed by atoms with Crippen LogP contribution in [0.15, 0.2) is 48.5 Å². The minimum Gasteiger partial charge on any atom is -0.496 e. The Labute approximate surface area is 172 Å². The normalized spacial score (nSPS) is 19.5. The number of piperidine rings is 1. The number of likely N-dealkylation sites (tertiary alicyclic amines) is 1. The number of benzene rings is 2. The number of carbonyl (C=O) groups excluding carboxylic acids is 1. The standard InChI is InChI=1S/C23H27ClN2O2/c1-17-3-9-22(28-2)19(15-17)6-10-23(27)25-21-11-13-26(14-12-21)16-18-4-7-20(24)8-5-18/h3-10,15,21H,11-14,16H2,1-2H3,(H,25,27)/p+1/b10-6+. The molecule has 2 aromatic rings. The molecule has 2 aromatic carbocycles. The number of rotatable bonds is 6. The summed E-state index contributed by atoms with van der Waals surface area (Å²) < 4.78 is 5.36. The van der Waals surface area contributed by atoms with Gasteiger partial charge in [0, 0.05) is 41.1 Å². The Hall–Kier alpha value is -2.30. The summed E-state index contributed by atoms with van der Waals surface area (Å²) >= 11 is 5.95. The molecule has 0 radical (unpaired) electrons. The molecule has 0 saturated carbocycles. The van der Waals surface area contributed by atoms with Crippen molar-refractivity contribution in [2.75, 3.05) is 20.2 Å². The van der Waals surface area contributed by atoms with Crippen molar-refractivity contribution in [3.63, 3.8) is 0 Å². The maximum absolute atomic E-state index is 12.3. The summed E-state index contributed by atoms with van der Waals surface area (Å²) in [5.41, 5.74) is 3.36. The predicted octanol–water partition coefficient (Wildman–Crippen LogP) is 3.03. The number of quaternary nitrogens is 1. The molecule has 1 fully saturated rings. The molecule has 1 saturated heterocycles. The van der Waals surface area contributed by atoms with Crippen molar-refractivity contribution in [1.29, 1.82) is 0 Å². The molecule has 1 heterocycles. The maximum atomic E-state index is 12.3. The smallest absolute Gasteiger partial charge is 0.244 e. The molecule has 1 aliphatic rings. The van der Waals surface area contributed by atoms with E-state index in [2.05, 4.69) is 17.4 Å². The number of amides is 1. The van der Waals surface area contributed by atoms with Crippen LogP contribution in [-0.4, -0.2) is 32.1 Å². The number of methoxy groups -OCH3 is 1. The Morgan fingerprint density at radius 3 is 2.61 bits per heavy atom. The average Bonchev–Trinajstić information content (AvgIpc) is 2.70. The van der Waals surface area contributed by atoms with Crippen LogP contribution < -0.4 is 15.0 Å². The first-order valence-electron chi connectivity index (χ1n) is 9.74. The quantitative estimate of drug-likeness (QED) is 0.733. The summed E-state index contributed by atoms with van der Waals surface area (Å²) in [7, 11) is 1.64. The molecule has 2 N–H and O–H groups in total. The predicted molar refractivity (Wildman–Crippen MR) is 114 cm³/mol. The molecule has 0 aliphatic carbocycles. The summed E-state index contributed by atoms with van der Waals surface area (Å²) in [6, 6.07) is 14.2. The van der Waals surface area contributed by atoms with E-state index in [4.69, 9.17) is 16.3 Å². The lowest BCUT2D eigenvalue weighted by atomic mass is 10.0. The highest BCUT2D eigenvalue weighted by atomic mass is 35.5. The summed E-state index contributed by atoms with van der Waals surface area (Å²) in [4.78, 5) is 13.9. The van der Waals surface area contributed by atoms with Gasteiger partial charge in [0.05, 0.1) is 20.2 Å². The van der Waals surface area contributed by atoms with Crippen LogP contribution in [0.4, 0.5) is 0 Å². The Morgan fingerprint density at radius 2 is 1.93 bits per heavy atom.